The molecule has 0 heterocycles. The molecule has 3 N–H and O–H groups in total. The lowest BCUT2D eigenvalue weighted by atomic mass is 10.0. The molecule has 0 aliphatic carbocycles. The van der Waals surface area contributed by atoms with E-state index in [0.29, 0.717) is 5.56 Å². The fourth-order valence-electron chi connectivity index (χ4n) is 3.30. The molecule has 0 aromatic heterocycles. The molecule has 1 aromatic carbocycles. The predicted octanol–water partition coefficient (Wildman–Crippen LogP) is 6.25. The zero-order valence-electron chi connectivity index (χ0n) is 17.1. The SMILES string of the molecule is CCCCCC(O)CCCCCCCCCCNc1ccc(C(=O)O)cc1. The Morgan fingerprint density at radius 2 is 1.37 bits per heavy atom. The summed E-state index contributed by atoms with van der Waals surface area (Å²) in [7, 11) is 0. The van der Waals surface area contributed by atoms with Gasteiger partial charge in [-0.05, 0) is 43.5 Å². The first kappa shape index (κ1) is 23.5. The Hall–Kier alpha value is -1.55. The number of anilines is 1. The molecule has 154 valence electrons. The highest BCUT2D eigenvalue weighted by Crippen LogP contribution is 2.14. The number of rotatable bonds is 17. The Labute approximate surface area is 165 Å². The van der Waals surface area contributed by atoms with Crippen molar-refractivity contribution in [3.05, 3.63) is 29.8 Å². The van der Waals surface area contributed by atoms with Crippen molar-refractivity contribution < 1.29 is 15.0 Å². The minimum absolute atomic E-state index is 0.0793. The third-order valence-corrected chi connectivity index (χ3v) is 5.07. The maximum Gasteiger partial charge on any atom is 0.335 e. The van der Waals surface area contributed by atoms with E-state index >= 15 is 0 Å². The van der Waals surface area contributed by atoms with E-state index in [1.54, 1.807) is 12.1 Å². The summed E-state index contributed by atoms with van der Waals surface area (Å²) in [6.07, 6.45) is 15.5. The lowest BCUT2D eigenvalue weighted by molar-refractivity contribution is 0.0697. The Morgan fingerprint density at radius 3 is 1.93 bits per heavy atom. The minimum atomic E-state index is -0.885. The van der Waals surface area contributed by atoms with Crippen molar-refractivity contribution in [2.75, 3.05) is 11.9 Å². The molecule has 0 fully saturated rings. The average Bonchev–Trinajstić information content (AvgIpc) is 2.66. The van der Waals surface area contributed by atoms with E-state index in [1.165, 1.54) is 57.8 Å². The number of carbonyl (C=O) groups is 1. The Balaban J connectivity index is 1.87. The van der Waals surface area contributed by atoms with Gasteiger partial charge in [0.05, 0.1) is 11.7 Å². The molecule has 0 radical (unpaired) electrons. The van der Waals surface area contributed by atoms with E-state index in [4.69, 9.17) is 5.11 Å². The van der Waals surface area contributed by atoms with Crippen LogP contribution in [0.2, 0.25) is 0 Å². The Morgan fingerprint density at radius 1 is 0.852 bits per heavy atom. The Bertz CT molecular complexity index is 487. The minimum Gasteiger partial charge on any atom is -0.478 e. The summed E-state index contributed by atoms with van der Waals surface area (Å²) < 4.78 is 0. The van der Waals surface area contributed by atoms with Crippen LogP contribution in [0.25, 0.3) is 0 Å². The van der Waals surface area contributed by atoms with Crippen molar-refractivity contribution in [1.29, 1.82) is 0 Å². The zero-order chi connectivity index (χ0) is 19.7. The van der Waals surface area contributed by atoms with E-state index in [2.05, 4.69) is 12.2 Å². The first-order valence-corrected chi connectivity index (χ1v) is 10.9. The van der Waals surface area contributed by atoms with Gasteiger partial charge in [-0.3, -0.25) is 0 Å². The van der Waals surface area contributed by atoms with Crippen molar-refractivity contribution in [2.24, 2.45) is 0 Å². The molecule has 1 rings (SSSR count). The molecular weight excluding hydrogens is 338 g/mol. The van der Waals surface area contributed by atoms with Crippen LogP contribution in [0.5, 0.6) is 0 Å². The molecular formula is C23H39NO3. The number of aliphatic hydroxyl groups is 1. The quantitative estimate of drug-likeness (QED) is 0.281. The number of carboxylic acids is 1. The van der Waals surface area contributed by atoms with Gasteiger partial charge in [0.2, 0.25) is 0 Å². The second kappa shape index (κ2) is 15.5. The van der Waals surface area contributed by atoms with Crippen LogP contribution >= 0.6 is 0 Å². The topological polar surface area (TPSA) is 69.6 Å². The molecule has 1 unspecified atom stereocenters. The van der Waals surface area contributed by atoms with Gasteiger partial charge in [0.1, 0.15) is 0 Å². The molecule has 1 atom stereocenters. The van der Waals surface area contributed by atoms with Crippen LogP contribution in [-0.2, 0) is 0 Å². The number of benzene rings is 1. The summed E-state index contributed by atoms with van der Waals surface area (Å²) >= 11 is 0. The fraction of sp³-hybridized carbons (Fsp3) is 0.696. The zero-order valence-corrected chi connectivity index (χ0v) is 17.1. The number of nitrogens with one attached hydrogen (secondary N) is 1. The predicted molar refractivity (Wildman–Crippen MR) is 114 cm³/mol. The van der Waals surface area contributed by atoms with Crippen LogP contribution in [-0.4, -0.2) is 28.8 Å². The van der Waals surface area contributed by atoms with E-state index in [0.717, 1.165) is 37.9 Å². The molecule has 0 bridgehead atoms. The number of hydrogen-bond donors (Lipinski definition) is 3. The number of hydrogen-bond acceptors (Lipinski definition) is 3. The lowest BCUT2D eigenvalue weighted by Gasteiger charge is -2.09. The molecule has 4 heteroatoms. The number of aromatic carboxylic acids is 1. The highest BCUT2D eigenvalue weighted by molar-refractivity contribution is 5.87. The third-order valence-electron chi connectivity index (χ3n) is 5.07. The van der Waals surface area contributed by atoms with Crippen LogP contribution in [0.15, 0.2) is 24.3 Å². The van der Waals surface area contributed by atoms with Gasteiger partial charge in [-0.25, -0.2) is 4.79 Å². The van der Waals surface area contributed by atoms with Gasteiger partial charge in [-0.15, -0.1) is 0 Å². The van der Waals surface area contributed by atoms with Gasteiger partial charge >= 0.3 is 5.97 Å². The number of carboxylic acid groups (broad SMARTS) is 1. The van der Waals surface area contributed by atoms with Crippen LogP contribution in [0.4, 0.5) is 5.69 Å². The van der Waals surface area contributed by atoms with Gasteiger partial charge < -0.3 is 15.5 Å². The van der Waals surface area contributed by atoms with Crippen LogP contribution in [0.1, 0.15) is 101 Å². The van der Waals surface area contributed by atoms with Gasteiger partial charge in [-0.2, -0.15) is 0 Å². The summed E-state index contributed by atoms with van der Waals surface area (Å²) in [6, 6.07) is 6.91. The van der Waals surface area contributed by atoms with Gasteiger partial charge in [0.15, 0.2) is 0 Å². The highest BCUT2D eigenvalue weighted by Gasteiger charge is 2.03. The maximum absolute atomic E-state index is 10.8. The Kier molecular flexibility index (Phi) is 13.5. The molecule has 0 aliphatic heterocycles. The summed E-state index contributed by atoms with van der Waals surface area (Å²) in [6.45, 7) is 3.13. The van der Waals surface area contributed by atoms with Crippen LogP contribution in [0, 0.1) is 0 Å². The van der Waals surface area contributed by atoms with Crippen LogP contribution in [0.3, 0.4) is 0 Å². The van der Waals surface area contributed by atoms with Crippen molar-refractivity contribution in [1.82, 2.24) is 0 Å². The number of aliphatic hydroxyl groups excluding tert-OH is 1. The average molecular weight is 378 g/mol. The summed E-state index contributed by atoms with van der Waals surface area (Å²) in [4.78, 5) is 10.8. The van der Waals surface area contributed by atoms with E-state index in [-0.39, 0.29) is 6.10 Å². The van der Waals surface area contributed by atoms with E-state index in [9.17, 15) is 9.90 Å². The fourth-order valence-corrected chi connectivity index (χ4v) is 3.30. The smallest absolute Gasteiger partial charge is 0.335 e. The second-order valence-electron chi connectivity index (χ2n) is 7.58. The second-order valence-corrected chi connectivity index (χ2v) is 7.58. The van der Waals surface area contributed by atoms with Crippen molar-refractivity contribution in [2.45, 2.75) is 96.5 Å². The van der Waals surface area contributed by atoms with Crippen LogP contribution < -0.4 is 5.32 Å². The molecule has 0 aliphatic rings. The van der Waals surface area contributed by atoms with E-state index < -0.39 is 5.97 Å². The van der Waals surface area contributed by atoms with Gasteiger partial charge in [0, 0.05) is 12.2 Å². The van der Waals surface area contributed by atoms with E-state index in [1.807, 2.05) is 12.1 Å². The summed E-state index contributed by atoms with van der Waals surface area (Å²) in [5.41, 5.74) is 1.31. The molecule has 1 aromatic rings. The van der Waals surface area contributed by atoms with Crippen molar-refractivity contribution >= 4 is 11.7 Å². The maximum atomic E-state index is 10.8. The first-order valence-electron chi connectivity index (χ1n) is 10.9. The first-order chi connectivity index (χ1) is 13.1. The summed E-state index contributed by atoms with van der Waals surface area (Å²) in [5.74, 6) is -0.885. The largest absolute Gasteiger partial charge is 0.478 e. The molecule has 0 amide bonds. The molecule has 0 saturated heterocycles. The molecule has 27 heavy (non-hydrogen) atoms. The normalized spacial score (nSPS) is 12.1. The molecule has 4 nitrogen and oxygen atoms in total. The van der Waals surface area contributed by atoms with Gasteiger partial charge in [0.25, 0.3) is 0 Å². The lowest BCUT2D eigenvalue weighted by Crippen LogP contribution is -2.05. The highest BCUT2D eigenvalue weighted by atomic mass is 16.4. The monoisotopic (exact) mass is 377 g/mol. The number of unbranched alkanes of at least 4 members (excludes halogenated alkanes) is 9. The summed E-state index contributed by atoms with van der Waals surface area (Å²) in [5, 5.41) is 22.1. The molecule has 0 saturated carbocycles. The van der Waals surface area contributed by atoms with Crippen molar-refractivity contribution in [3.63, 3.8) is 0 Å². The van der Waals surface area contributed by atoms with Crippen molar-refractivity contribution in [3.8, 4) is 0 Å². The van der Waals surface area contributed by atoms with Gasteiger partial charge in [-0.1, -0.05) is 71.1 Å². The molecule has 0 spiro atoms. The standard InChI is InChI=1S/C23H39NO3/c1-2-3-10-13-22(25)14-11-8-6-4-5-7-9-12-19-24-21-17-15-20(16-18-21)23(26)27/h15-18,22,24-25H,2-14,19H2,1H3,(H,26,27). The third kappa shape index (κ3) is 12.5.